The molecule has 2 aromatic heterocycles. The van der Waals surface area contributed by atoms with Gasteiger partial charge in [0, 0.05) is 18.0 Å². The zero-order valence-corrected chi connectivity index (χ0v) is 10.6. The van der Waals surface area contributed by atoms with E-state index in [0.717, 1.165) is 10.7 Å². The molecule has 1 unspecified atom stereocenters. The molecule has 0 radical (unpaired) electrons. The van der Waals surface area contributed by atoms with E-state index in [-0.39, 0.29) is 11.9 Å². The molecule has 2 aromatic rings. The average molecular weight is 251 g/mol. The van der Waals surface area contributed by atoms with Crippen LogP contribution in [0.5, 0.6) is 0 Å². The standard InChI is InChI=1S/C12H14FN3S/c1-8-16-9(7-17-8)6-11(14-2)12-10(13)4-3-5-15-12/h3-5,7,11,14H,6H2,1-2H3. The summed E-state index contributed by atoms with van der Waals surface area (Å²) in [6, 6.07) is 2.88. The fraction of sp³-hybridized carbons (Fsp3) is 0.333. The number of hydrogen-bond donors (Lipinski definition) is 1. The van der Waals surface area contributed by atoms with Crippen molar-refractivity contribution in [2.24, 2.45) is 0 Å². The fourth-order valence-corrected chi connectivity index (χ4v) is 2.33. The molecule has 3 nitrogen and oxygen atoms in total. The van der Waals surface area contributed by atoms with Crippen molar-refractivity contribution in [1.29, 1.82) is 0 Å². The molecular weight excluding hydrogens is 237 g/mol. The van der Waals surface area contributed by atoms with Crippen molar-refractivity contribution in [3.63, 3.8) is 0 Å². The minimum Gasteiger partial charge on any atom is -0.311 e. The lowest BCUT2D eigenvalue weighted by molar-refractivity contribution is 0.514. The van der Waals surface area contributed by atoms with Crippen molar-refractivity contribution >= 4 is 11.3 Å². The van der Waals surface area contributed by atoms with Gasteiger partial charge in [-0.15, -0.1) is 11.3 Å². The Hall–Kier alpha value is -1.33. The van der Waals surface area contributed by atoms with Gasteiger partial charge < -0.3 is 5.32 Å². The molecule has 0 amide bonds. The van der Waals surface area contributed by atoms with Crippen LogP contribution >= 0.6 is 11.3 Å². The number of hydrogen-bond acceptors (Lipinski definition) is 4. The number of likely N-dealkylation sites (N-methyl/N-ethyl adjacent to an activating group) is 1. The highest BCUT2D eigenvalue weighted by Crippen LogP contribution is 2.19. The second-order valence-corrected chi connectivity index (χ2v) is 4.84. The van der Waals surface area contributed by atoms with E-state index in [1.54, 1.807) is 30.6 Å². The summed E-state index contributed by atoms with van der Waals surface area (Å²) >= 11 is 1.60. The van der Waals surface area contributed by atoms with Gasteiger partial charge in [-0.3, -0.25) is 4.98 Å². The summed E-state index contributed by atoms with van der Waals surface area (Å²) in [4.78, 5) is 8.47. The molecule has 5 heteroatoms. The van der Waals surface area contributed by atoms with Crippen molar-refractivity contribution in [2.45, 2.75) is 19.4 Å². The van der Waals surface area contributed by atoms with Gasteiger partial charge in [0.25, 0.3) is 0 Å². The zero-order valence-electron chi connectivity index (χ0n) is 9.77. The van der Waals surface area contributed by atoms with E-state index < -0.39 is 0 Å². The summed E-state index contributed by atoms with van der Waals surface area (Å²) < 4.78 is 13.6. The van der Waals surface area contributed by atoms with Gasteiger partial charge in [-0.1, -0.05) is 0 Å². The minimum atomic E-state index is -0.279. The third kappa shape index (κ3) is 2.87. The highest BCUT2D eigenvalue weighted by Gasteiger charge is 2.16. The summed E-state index contributed by atoms with van der Waals surface area (Å²) in [6.07, 6.45) is 2.25. The van der Waals surface area contributed by atoms with Crippen LogP contribution < -0.4 is 5.32 Å². The lowest BCUT2D eigenvalue weighted by Crippen LogP contribution is -2.21. The Morgan fingerprint density at radius 3 is 2.94 bits per heavy atom. The second kappa shape index (κ2) is 5.33. The first-order valence-corrected chi connectivity index (χ1v) is 6.27. The van der Waals surface area contributed by atoms with Crippen molar-refractivity contribution in [1.82, 2.24) is 15.3 Å². The number of pyridine rings is 1. The van der Waals surface area contributed by atoms with Gasteiger partial charge in [-0.25, -0.2) is 9.37 Å². The Morgan fingerprint density at radius 1 is 1.53 bits per heavy atom. The van der Waals surface area contributed by atoms with Crippen molar-refractivity contribution in [3.8, 4) is 0 Å². The van der Waals surface area contributed by atoms with Crippen LogP contribution in [0.1, 0.15) is 22.4 Å². The molecule has 2 rings (SSSR count). The largest absolute Gasteiger partial charge is 0.311 e. The Kier molecular flexibility index (Phi) is 3.81. The molecule has 0 saturated carbocycles. The maximum Gasteiger partial charge on any atom is 0.146 e. The third-order valence-electron chi connectivity index (χ3n) is 2.55. The summed E-state index contributed by atoms with van der Waals surface area (Å²) in [7, 11) is 1.80. The normalized spacial score (nSPS) is 12.6. The number of rotatable bonds is 4. The van der Waals surface area contributed by atoms with Crippen LogP contribution in [-0.2, 0) is 6.42 Å². The fourth-order valence-electron chi connectivity index (χ4n) is 1.70. The van der Waals surface area contributed by atoms with Crippen molar-refractivity contribution < 1.29 is 4.39 Å². The van der Waals surface area contributed by atoms with Crippen LogP contribution in [0.3, 0.4) is 0 Å². The van der Waals surface area contributed by atoms with Crippen LogP contribution in [0.2, 0.25) is 0 Å². The third-order valence-corrected chi connectivity index (χ3v) is 3.37. The summed E-state index contributed by atoms with van der Waals surface area (Å²) in [5, 5.41) is 6.10. The SMILES string of the molecule is CNC(Cc1csc(C)n1)c1ncccc1F. The smallest absolute Gasteiger partial charge is 0.146 e. The monoisotopic (exact) mass is 251 g/mol. The number of nitrogens with one attached hydrogen (secondary N) is 1. The van der Waals surface area contributed by atoms with E-state index in [4.69, 9.17) is 0 Å². The molecule has 0 bridgehead atoms. The van der Waals surface area contributed by atoms with Crippen LogP contribution in [0.25, 0.3) is 0 Å². The number of halogens is 1. The summed E-state index contributed by atoms with van der Waals surface area (Å²) in [5.74, 6) is -0.279. The second-order valence-electron chi connectivity index (χ2n) is 3.77. The van der Waals surface area contributed by atoms with Crippen LogP contribution in [0.15, 0.2) is 23.7 Å². The zero-order chi connectivity index (χ0) is 12.3. The molecule has 0 aromatic carbocycles. The van der Waals surface area contributed by atoms with Crippen molar-refractivity contribution in [2.75, 3.05) is 7.05 Å². The Balaban J connectivity index is 2.20. The first-order valence-electron chi connectivity index (χ1n) is 5.39. The van der Waals surface area contributed by atoms with Gasteiger partial charge in [-0.05, 0) is 26.1 Å². The van der Waals surface area contributed by atoms with Gasteiger partial charge in [-0.2, -0.15) is 0 Å². The Labute approximate surface area is 104 Å². The summed E-state index contributed by atoms with van der Waals surface area (Å²) in [5.41, 5.74) is 1.41. The first kappa shape index (κ1) is 12.1. The molecule has 17 heavy (non-hydrogen) atoms. The molecule has 0 aliphatic rings. The highest BCUT2D eigenvalue weighted by atomic mass is 32.1. The molecule has 0 aliphatic carbocycles. The number of aromatic nitrogens is 2. The predicted octanol–water partition coefficient (Wildman–Crippen LogP) is 2.49. The van der Waals surface area contributed by atoms with E-state index in [0.29, 0.717) is 12.1 Å². The van der Waals surface area contributed by atoms with Crippen LogP contribution in [0, 0.1) is 12.7 Å². The number of nitrogens with zero attached hydrogens (tertiary/aromatic N) is 2. The van der Waals surface area contributed by atoms with Gasteiger partial charge >= 0.3 is 0 Å². The quantitative estimate of drug-likeness (QED) is 0.907. The lowest BCUT2D eigenvalue weighted by atomic mass is 10.1. The molecule has 0 fully saturated rings. The molecular formula is C12H14FN3S. The lowest BCUT2D eigenvalue weighted by Gasteiger charge is -2.14. The molecule has 0 aliphatic heterocycles. The van der Waals surface area contributed by atoms with E-state index in [2.05, 4.69) is 15.3 Å². The maximum absolute atomic E-state index is 13.6. The van der Waals surface area contributed by atoms with E-state index in [9.17, 15) is 4.39 Å². The average Bonchev–Trinajstić information content (AvgIpc) is 2.73. The van der Waals surface area contributed by atoms with Crippen LogP contribution in [0.4, 0.5) is 4.39 Å². The van der Waals surface area contributed by atoms with Gasteiger partial charge in [0.15, 0.2) is 0 Å². The van der Waals surface area contributed by atoms with E-state index >= 15 is 0 Å². The van der Waals surface area contributed by atoms with Gasteiger partial charge in [0.05, 0.1) is 22.4 Å². The molecule has 1 atom stereocenters. The van der Waals surface area contributed by atoms with E-state index in [1.165, 1.54) is 6.07 Å². The Morgan fingerprint density at radius 2 is 2.35 bits per heavy atom. The Bertz CT molecular complexity index is 498. The predicted molar refractivity (Wildman–Crippen MR) is 66.6 cm³/mol. The van der Waals surface area contributed by atoms with E-state index in [1.807, 2.05) is 12.3 Å². The molecule has 0 spiro atoms. The molecule has 2 heterocycles. The molecule has 0 saturated heterocycles. The molecule has 90 valence electrons. The number of aryl methyl sites for hydroxylation is 1. The van der Waals surface area contributed by atoms with Gasteiger partial charge in [0.1, 0.15) is 5.82 Å². The minimum absolute atomic E-state index is 0.141. The van der Waals surface area contributed by atoms with Crippen molar-refractivity contribution in [3.05, 3.63) is 45.9 Å². The van der Waals surface area contributed by atoms with Crippen LogP contribution in [-0.4, -0.2) is 17.0 Å². The summed E-state index contributed by atoms with van der Waals surface area (Å²) in [6.45, 7) is 1.96. The topological polar surface area (TPSA) is 37.8 Å². The maximum atomic E-state index is 13.6. The molecule has 1 N–H and O–H groups in total. The van der Waals surface area contributed by atoms with Gasteiger partial charge in [0.2, 0.25) is 0 Å². The number of thiazole rings is 1. The highest BCUT2D eigenvalue weighted by molar-refractivity contribution is 7.09. The first-order chi connectivity index (χ1) is 8.20.